The molecular weight excluding hydrogens is 538 g/mol. The zero-order valence-corrected chi connectivity index (χ0v) is 24.5. The van der Waals surface area contributed by atoms with Crippen molar-refractivity contribution in [1.29, 1.82) is 0 Å². The first kappa shape index (κ1) is 30.2. The van der Waals surface area contributed by atoms with E-state index < -0.39 is 12.1 Å². The van der Waals surface area contributed by atoms with E-state index in [2.05, 4.69) is 16.0 Å². The fourth-order valence-electron chi connectivity index (χ4n) is 5.27. The third kappa shape index (κ3) is 6.59. The standard InChI is InChI=1S/C32H37N3O7/c1-18(32(39)33-15-14-20-6-9-22(37)10-7-20)34-26-13-11-23-24(17-27(26)38)25(35-19(2)36)12-8-21-16-28(40-3)30(41-4)31(42-5)29(21)23/h6-7,9-11,13,16-18,25,37H,8,12,14-15H2,1-5H3,(H,33,39)(H,34,38)(H,35,36)/t18-,25-/m0/s1. The summed E-state index contributed by atoms with van der Waals surface area (Å²) in [5, 5.41) is 18.4. The number of hydrogen-bond acceptors (Lipinski definition) is 8. The fraction of sp³-hybridized carbons (Fsp3) is 0.344. The van der Waals surface area contributed by atoms with Gasteiger partial charge in [-0.05, 0) is 78.8 Å². The van der Waals surface area contributed by atoms with Crippen molar-refractivity contribution in [2.24, 2.45) is 0 Å². The molecule has 1 aliphatic rings. The number of amides is 2. The number of phenols is 1. The number of nitrogens with one attached hydrogen (secondary N) is 3. The van der Waals surface area contributed by atoms with Gasteiger partial charge < -0.3 is 35.3 Å². The summed E-state index contributed by atoms with van der Waals surface area (Å²) in [7, 11) is 4.63. The molecule has 0 saturated carbocycles. The summed E-state index contributed by atoms with van der Waals surface area (Å²) in [5.41, 5.74) is 3.91. The number of ether oxygens (including phenoxy) is 3. The van der Waals surface area contributed by atoms with Crippen molar-refractivity contribution >= 4 is 17.5 Å². The van der Waals surface area contributed by atoms with Crippen LogP contribution in [0.2, 0.25) is 0 Å². The summed E-state index contributed by atoms with van der Waals surface area (Å²) in [6.45, 7) is 3.53. The van der Waals surface area contributed by atoms with E-state index in [4.69, 9.17) is 14.2 Å². The maximum atomic E-state index is 13.5. The van der Waals surface area contributed by atoms with Gasteiger partial charge in [-0.2, -0.15) is 0 Å². The molecule has 0 bridgehead atoms. The number of aromatic hydroxyl groups is 1. The summed E-state index contributed by atoms with van der Waals surface area (Å²) in [6.07, 6.45) is 1.74. The number of rotatable bonds is 10. The molecule has 0 fully saturated rings. The van der Waals surface area contributed by atoms with Gasteiger partial charge in [-0.3, -0.25) is 14.4 Å². The van der Waals surface area contributed by atoms with Gasteiger partial charge in [0.25, 0.3) is 0 Å². The molecule has 0 aliphatic heterocycles. The number of methoxy groups -OCH3 is 3. The maximum Gasteiger partial charge on any atom is 0.242 e. The van der Waals surface area contributed by atoms with Gasteiger partial charge in [-0.15, -0.1) is 0 Å². The van der Waals surface area contributed by atoms with Crippen LogP contribution in [0, 0.1) is 0 Å². The zero-order valence-electron chi connectivity index (χ0n) is 24.5. The number of benzene rings is 2. The molecule has 10 nitrogen and oxygen atoms in total. The molecule has 4 rings (SSSR count). The van der Waals surface area contributed by atoms with E-state index in [-0.39, 0.29) is 28.7 Å². The van der Waals surface area contributed by atoms with E-state index in [1.807, 2.05) is 12.1 Å². The van der Waals surface area contributed by atoms with Gasteiger partial charge in [0.2, 0.25) is 23.0 Å². The lowest BCUT2D eigenvalue weighted by Crippen LogP contribution is -2.39. The maximum absolute atomic E-state index is 13.5. The second kappa shape index (κ2) is 13.3. The number of aryl methyl sites for hydroxylation is 1. The first-order chi connectivity index (χ1) is 20.2. The van der Waals surface area contributed by atoms with E-state index in [1.54, 1.807) is 51.5 Å². The first-order valence-corrected chi connectivity index (χ1v) is 13.8. The Balaban J connectivity index is 1.68. The minimum atomic E-state index is -0.697. The Labute approximate surface area is 245 Å². The van der Waals surface area contributed by atoms with Crippen LogP contribution in [0.15, 0.2) is 53.3 Å². The number of anilines is 1. The molecule has 0 aromatic heterocycles. The number of carbonyl (C=O) groups is 2. The van der Waals surface area contributed by atoms with Gasteiger partial charge in [0, 0.05) is 19.0 Å². The Morgan fingerprint density at radius 2 is 1.71 bits per heavy atom. The van der Waals surface area contributed by atoms with Crippen LogP contribution in [-0.4, -0.2) is 50.8 Å². The Morgan fingerprint density at radius 1 is 1.00 bits per heavy atom. The van der Waals surface area contributed by atoms with Crippen molar-refractivity contribution in [2.75, 3.05) is 33.2 Å². The molecule has 42 heavy (non-hydrogen) atoms. The Hall–Kier alpha value is -4.73. The lowest BCUT2D eigenvalue weighted by atomic mass is 9.95. The molecule has 0 saturated heterocycles. The highest BCUT2D eigenvalue weighted by Gasteiger charge is 2.29. The minimum Gasteiger partial charge on any atom is -0.508 e. The summed E-state index contributed by atoms with van der Waals surface area (Å²) < 4.78 is 17.0. The van der Waals surface area contributed by atoms with Crippen LogP contribution in [0.4, 0.5) is 5.69 Å². The van der Waals surface area contributed by atoms with Crippen LogP contribution in [-0.2, 0) is 22.4 Å². The molecule has 0 unspecified atom stereocenters. The Bertz CT molecular complexity index is 1520. The van der Waals surface area contributed by atoms with Crippen LogP contribution in [0.1, 0.15) is 43.0 Å². The Kier molecular flexibility index (Phi) is 9.57. The van der Waals surface area contributed by atoms with Crippen molar-refractivity contribution in [1.82, 2.24) is 10.6 Å². The predicted octanol–water partition coefficient (Wildman–Crippen LogP) is 3.73. The van der Waals surface area contributed by atoms with Crippen LogP contribution in [0.5, 0.6) is 23.0 Å². The van der Waals surface area contributed by atoms with Crippen LogP contribution in [0.3, 0.4) is 0 Å². The largest absolute Gasteiger partial charge is 0.508 e. The minimum absolute atomic E-state index is 0.187. The Morgan fingerprint density at radius 3 is 2.36 bits per heavy atom. The monoisotopic (exact) mass is 575 g/mol. The molecule has 3 aromatic rings. The number of hydrogen-bond donors (Lipinski definition) is 4. The lowest BCUT2D eigenvalue weighted by Gasteiger charge is -2.19. The van der Waals surface area contributed by atoms with Gasteiger partial charge >= 0.3 is 0 Å². The van der Waals surface area contributed by atoms with Crippen molar-refractivity contribution < 1.29 is 28.9 Å². The van der Waals surface area contributed by atoms with Gasteiger partial charge in [0.05, 0.1) is 33.1 Å². The molecule has 4 N–H and O–H groups in total. The highest BCUT2D eigenvalue weighted by molar-refractivity contribution is 5.85. The summed E-state index contributed by atoms with van der Waals surface area (Å²) in [5.74, 6) is 1.12. The molecule has 222 valence electrons. The van der Waals surface area contributed by atoms with E-state index in [9.17, 15) is 19.5 Å². The normalized spacial score (nSPS) is 14.4. The smallest absolute Gasteiger partial charge is 0.242 e. The molecule has 2 amide bonds. The lowest BCUT2D eigenvalue weighted by molar-refractivity contribution is -0.121. The van der Waals surface area contributed by atoms with Crippen LogP contribution in [0.25, 0.3) is 11.1 Å². The molecule has 2 atom stereocenters. The quantitative estimate of drug-likeness (QED) is 0.287. The van der Waals surface area contributed by atoms with Gasteiger partial charge in [0.15, 0.2) is 11.5 Å². The zero-order chi connectivity index (χ0) is 30.4. The second-order valence-electron chi connectivity index (χ2n) is 10.2. The summed E-state index contributed by atoms with van der Waals surface area (Å²) in [6, 6.07) is 12.5. The molecule has 0 spiro atoms. The van der Waals surface area contributed by atoms with Crippen molar-refractivity contribution in [2.45, 2.75) is 45.2 Å². The molecular formula is C32H37N3O7. The molecule has 1 aliphatic carbocycles. The first-order valence-electron chi connectivity index (χ1n) is 13.8. The number of fused-ring (bicyclic) bond motifs is 3. The van der Waals surface area contributed by atoms with Crippen LogP contribution >= 0.6 is 0 Å². The molecule has 10 heteroatoms. The van der Waals surface area contributed by atoms with Crippen molar-refractivity contribution in [3.8, 4) is 34.1 Å². The topological polar surface area (TPSA) is 135 Å². The van der Waals surface area contributed by atoms with Crippen molar-refractivity contribution in [3.05, 3.63) is 75.4 Å². The summed E-state index contributed by atoms with van der Waals surface area (Å²) in [4.78, 5) is 38.5. The number of carbonyl (C=O) groups excluding carboxylic acids is 2. The predicted molar refractivity (Wildman–Crippen MR) is 161 cm³/mol. The molecule has 0 heterocycles. The highest BCUT2D eigenvalue weighted by Crippen LogP contribution is 2.50. The van der Waals surface area contributed by atoms with E-state index >= 15 is 0 Å². The fourth-order valence-corrected chi connectivity index (χ4v) is 5.27. The van der Waals surface area contributed by atoms with E-state index in [1.165, 1.54) is 20.1 Å². The number of phenolic OH excluding ortho intramolecular Hbond substituents is 1. The van der Waals surface area contributed by atoms with Gasteiger partial charge in [0.1, 0.15) is 11.8 Å². The SMILES string of the molecule is COc1cc2c(c(OC)c1OC)-c1ccc(N[C@@H](C)C(=O)NCCc3ccc(O)cc3)c(=O)cc1[C@@H](NC(C)=O)CC2. The molecule has 0 radical (unpaired) electrons. The molecule has 3 aromatic carbocycles. The van der Waals surface area contributed by atoms with Crippen molar-refractivity contribution in [3.63, 3.8) is 0 Å². The summed E-state index contributed by atoms with van der Waals surface area (Å²) >= 11 is 0. The van der Waals surface area contributed by atoms with E-state index in [0.29, 0.717) is 54.2 Å². The third-order valence-electron chi connectivity index (χ3n) is 7.33. The third-order valence-corrected chi connectivity index (χ3v) is 7.33. The average Bonchev–Trinajstić information content (AvgIpc) is 3.21. The average molecular weight is 576 g/mol. The van der Waals surface area contributed by atoms with E-state index in [0.717, 1.165) is 16.7 Å². The van der Waals surface area contributed by atoms with Gasteiger partial charge in [-0.1, -0.05) is 18.2 Å². The second-order valence-corrected chi connectivity index (χ2v) is 10.2. The van der Waals surface area contributed by atoms with Gasteiger partial charge in [-0.25, -0.2) is 0 Å². The highest BCUT2D eigenvalue weighted by atomic mass is 16.5. The van der Waals surface area contributed by atoms with Crippen LogP contribution < -0.4 is 35.6 Å².